The minimum Gasteiger partial charge on any atom is -0.294 e. The Hall–Kier alpha value is -1.06. The highest BCUT2D eigenvalue weighted by atomic mass is 79.9. The maximum atomic E-state index is 11.8. The summed E-state index contributed by atoms with van der Waals surface area (Å²) in [6, 6.07) is 18.1. The lowest BCUT2D eigenvalue weighted by molar-refractivity contribution is 0.0982. The van der Waals surface area contributed by atoms with Gasteiger partial charge in [0.25, 0.3) is 0 Å². The fourth-order valence-electron chi connectivity index (χ4n) is 1.71. The summed E-state index contributed by atoms with van der Waals surface area (Å²) in [7, 11) is 0. The molecule has 0 atom stereocenters. The smallest absolute Gasteiger partial charge is 0.162 e. The molecule has 0 bridgehead atoms. The van der Waals surface area contributed by atoms with Crippen LogP contribution in [0.5, 0.6) is 0 Å². The summed E-state index contributed by atoms with van der Waals surface area (Å²) >= 11 is 5.05. The molecule has 0 aliphatic heterocycles. The molecular weight excluding hydrogens is 320 g/mol. The lowest BCUT2D eigenvalue weighted by Gasteiger charge is -2.03. The Labute approximate surface area is 126 Å². The van der Waals surface area contributed by atoms with Gasteiger partial charge in [0.15, 0.2) is 5.78 Å². The Kier molecular flexibility index (Phi) is 5.67. The molecule has 0 heterocycles. The van der Waals surface area contributed by atoms with Crippen LogP contribution in [0.4, 0.5) is 0 Å². The zero-order valence-electron chi connectivity index (χ0n) is 10.5. The summed E-state index contributed by atoms with van der Waals surface area (Å²) in [6.07, 6.45) is 1.50. The number of rotatable bonds is 6. The molecule has 0 unspecified atom stereocenters. The Morgan fingerprint density at radius 1 is 0.947 bits per heavy atom. The van der Waals surface area contributed by atoms with E-state index < -0.39 is 0 Å². The normalized spacial score (nSPS) is 10.4. The Morgan fingerprint density at radius 3 is 2.21 bits per heavy atom. The van der Waals surface area contributed by atoms with Crippen molar-refractivity contribution in [1.82, 2.24) is 0 Å². The molecule has 0 saturated heterocycles. The van der Waals surface area contributed by atoms with Crippen molar-refractivity contribution in [2.24, 2.45) is 0 Å². The molecule has 0 spiro atoms. The highest BCUT2D eigenvalue weighted by molar-refractivity contribution is 9.09. The van der Waals surface area contributed by atoms with Gasteiger partial charge in [-0.2, -0.15) is 0 Å². The zero-order chi connectivity index (χ0) is 13.5. The molecule has 2 rings (SSSR count). The van der Waals surface area contributed by atoms with E-state index in [1.54, 1.807) is 11.8 Å². The van der Waals surface area contributed by atoms with Gasteiger partial charge in [-0.25, -0.2) is 0 Å². The summed E-state index contributed by atoms with van der Waals surface area (Å²) in [6.45, 7) is 0. The lowest BCUT2D eigenvalue weighted by atomic mass is 10.1. The second-order valence-corrected chi connectivity index (χ2v) is 6.10. The van der Waals surface area contributed by atoms with E-state index in [1.807, 2.05) is 42.5 Å². The van der Waals surface area contributed by atoms with Crippen LogP contribution in [0.2, 0.25) is 0 Å². The molecule has 0 N–H and O–H groups in total. The van der Waals surface area contributed by atoms with Crippen LogP contribution in [-0.4, -0.2) is 11.1 Å². The minimum absolute atomic E-state index is 0.218. The standard InChI is InChI=1S/C16H15BrOS/c17-12-4-7-16(18)13-8-10-15(11-9-13)19-14-5-2-1-3-6-14/h1-3,5-6,8-11H,4,7,12H2. The van der Waals surface area contributed by atoms with Crippen LogP contribution in [-0.2, 0) is 0 Å². The molecule has 0 aliphatic rings. The molecule has 0 radical (unpaired) electrons. The third-order valence-electron chi connectivity index (χ3n) is 2.69. The number of carbonyl (C=O) groups excluding carboxylic acids is 1. The molecule has 3 heteroatoms. The van der Waals surface area contributed by atoms with E-state index in [0.717, 1.165) is 22.2 Å². The topological polar surface area (TPSA) is 17.1 Å². The van der Waals surface area contributed by atoms with E-state index in [9.17, 15) is 4.79 Å². The van der Waals surface area contributed by atoms with Crippen LogP contribution < -0.4 is 0 Å². The predicted molar refractivity (Wildman–Crippen MR) is 84.4 cm³/mol. The van der Waals surface area contributed by atoms with E-state index in [-0.39, 0.29) is 5.78 Å². The number of Topliss-reactive ketones (excluding diaryl/α,β-unsaturated/α-hetero) is 1. The molecule has 0 saturated carbocycles. The monoisotopic (exact) mass is 334 g/mol. The van der Waals surface area contributed by atoms with Gasteiger partial charge in [-0.15, -0.1) is 0 Å². The largest absolute Gasteiger partial charge is 0.294 e. The first-order valence-corrected chi connectivity index (χ1v) is 8.15. The van der Waals surface area contributed by atoms with Crippen molar-refractivity contribution in [1.29, 1.82) is 0 Å². The molecule has 2 aromatic carbocycles. The van der Waals surface area contributed by atoms with Crippen LogP contribution in [0.1, 0.15) is 23.2 Å². The first kappa shape index (κ1) is 14.4. The van der Waals surface area contributed by atoms with Crippen LogP contribution in [0.15, 0.2) is 64.4 Å². The average molecular weight is 335 g/mol. The van der Waals surface area contributed by atoms with Crippen molar-refractivity contribution in [2.75, 3.05) is 5.33 Å². The second kappa shape index (κ2) is 7.51. The summed E-state index contributed by atoms with van der Waals surface area (Å²) in [5.41, 5.74) is 0.804. The Balaban J connectivity index is 2.00. The van der Waals surface area contributed by atoms with Crippen LogP contribution >= 0.6 is 27.7 Å². The van der Waals surface area contributed by atoms with Crippen molar-refractivity contribution in [3.8, 4) is 0 Å². The van der Waals surface area contributed by atoms with Crippen molar-refractivity contribution in [2.45, 2.75) is 22.6 Å². The number of hydrogen-bond acceptors (Lipinski definition) is 2. The molecule has 0 aliphatic carbocycles. The first-order chi connectivity index (χ1) is 9.29. The predicted octanol–water partition coefficient (Wildman–Crippen LogP) is 5.20. The van der Waals surface area contributed by atoms with Gasteiger partial charge < -0.3 is 0 Å². The van der Waals surface area contributed by atoms with Gasteiger partial charge in [0.05, 0.1) is 0 Å². The number of hydrogen-bond donors (Lipinski definition) is 0. The van der Waals surface area contributed by atoms with Crippen molar-refractivity contribution in [3.05, 3.63) is 60.2 Å². The average Bonchev–Trinajstić information content (AvgIpc) is 2.46. The number of halogens is 1. The molecule has 1 nitrogen and oxygen atoms in total. The zero-order valence-corrected chi connectivity index (χ0v) is 12.9. The van der Waals surface area contributed by atoms with Crippen molar-refractivity contribution in [3.63, 3.8) is 0 Å². The van der Waals surface area contributed by atoms with Gasteiger partial charge in [-0.05, 0) is 30.7 Å². The molecule has 0 amide bonds. The minimum atomic E-state index is 0.218. The summed E-state index contributed by atoms with van der Waals surface area (Å²) in [5.74, 6) is 0.218. The second-order valence-electron chi connectivity index (χ2n) is 4.16. The summed E-state index contributed by atoms with van der Waals surface area (Å²) in [5, 5.41) is 0.876. The highest BCUT2D eigenvalue weighted by Crippen LogP contribution is 2.27. The van der Waals surface area contributed by atoms with E-state index in [0.29, 0.717) is 6.42 Å². The highest BCUT2D eigenvalue weighted by Gasteiger charge is 2.05. The summed E-state index contributed by atoms with van der Waals surface area (Å²) < 4.78 is 0. The Bertz CT molecular complexity index is 522. The molecular formula is C16H15BrOS. The summed E-state index contributed by atoms with van der Waals surface area (Å²) in [4.78, 5) is 14.2. The SMILES string of the molecule is O=C(CCCBr)c1ccc(Sc2ccccc2)cc1. The number of benzene rings is 2. The van der Waals surface area contributed by atoms with Crippen LogP contribution in [0, 0.1) is 0 Å². The van der Waals surface area contributed by atoms with E-state index in [1.165, 1.54) is 4.90 Å². The van der Waals surface area contributed by atoms with Crippen LogP contribution in [0.25, 0.3) is 0 Å². The van der Waals surface area contributed by atoms with E-state index in [2.05, 4.69) is 28.1 Å². The van der Waals surface area contributed by atoms with Gasteiger partial charge in [0.2, 0.25) is 0 Å². The maximum Gasteiger partial charge on any atom is 0.162 e. The van der Waals surface area contributed by atoms with Gasteiger partial charge in [-0.3, -0.25) is 4.79 Å². The molecule has 19 heavy (non-hydrogen) atoms. The fourth-order valence-corrected chi connectivity index (χ4v) is 2.82. The van der Waals surface area contributed by atoms with Gasteiger partial charge in [-0.1, -0.05) is 58.0 Å². The van der Waals surface area contributed by atoms with E-state index >= 15 is 0 Å². The first-order valence-electron chi connectivity index (χ1n) is 6.22. The molecule has 98 valence electrons. The lowest BCUT2D eigenvalue weighted by Crippen LogP contribution is -1.98. The number of carbonyl (C=O) groups is 1. The quantitative estimate of drug-likeness (QED) is 0.533. The fraction of sp³-hybridized carbons (Fsp3) is 0.188. The Morgan fingerprint density at radius 2 is 1.58 bits per heavy atom. The van der Waals surface area contributed by atoms with Gasteiger partial charge in [0, 0.05) is 27.1 Å². The van der Waals surface area contributed by atoms with Gasteiger partial charge in [0.1, 0.15) is 0 Å². The molecule has 2 aromatic rings. The third kappa shape index (κ3) is 4.51. The van der Waals surface area contributed by atoms with Crippen molar-refractivity contribution < 1.29 is 4.79 Å². The van der Waals surface area contributed by atoms with Crippen molar-refractivity contribution >= 4 is 33.5 Å². The third-order valence-corrected chi connectivity index (χ3v) is 4.27. The number of ketones is 1. The molecule has 0 fully saturated rings. The molecule has 0 aromatic heterocycles. The van der Waals surface area contributed by atoms with Gasteiger partial charge >= 0.3 is 0 Å². The number of alkyl halides is 1. The maximum absolute atomic E-state index is 11.8. The van der Waals surface area contributed by atoms with Crippen LogP contribution in [0.3, 0.4) is 0 Å². The van der Waals surface area contributed by atoms with E-state index in [4.69, 9.17) is 0 Å².